The molecule has 0 saturated carbocycles. The molecular formula is C18H23FN6O2S. The molecule has 0 saturated heterocycles. The number of nitrogens with one attached hydrogen (secondary N) is 3. The van der Waals surface area contributed by atoms with Gasteiger partial charge in [-0.05, 0) is 30.4 Å². The minimum atomic E-state index is -3.22. The summed E-state index contributed by atoms with van der Waals surface area (Å²) in [7, 11) is -1.53. The Balaban J connectivity index is 1.98. The fourth-order valence-corrected chi connectivity index (χ4v) is 5.29. The molecule has 2 aromatic rings. The van der Waals surface area contributed by atoms with Gasteiger partial charge in [0, 0.05) is 31.0 Å². The summed E-state index contributed by atoms with van der Waals surface area (Å²) in [6.45, 7) is 4.01. The van der Waals surface area contributed by atoms with Gasteiger partial charge in [-0.25, -0.2) is 18.7 Å². The minimum absolute atomic E-state index is 0.0758. The Morgan fingerprint density at radius 1 is 1.54 bits per heavy atom. The maximum absolute atomic E-state index is 13.6. The largest absolute Gasteiger partial charge is 0.368 e. The number of anilines is 1. The van der Waals surface area contributed by atoms with Gasteiger partial charge < -0.3 is 15.0 Å². The van der Waals surface area contributed by atoms with Crippen molar-refractivity contribution in [3.8, 4) is 6.07 Å². The lowest BCUT2D eigenvalue weighted by Crippen LogP contribution is -2.36. The average Bonchev–Trinajstić information content (AvgIpc) is 2.88. The lowest BCUT2D eigenvalue weighted by Gasteiger charge is -2.21. The Hall–Kier alpha value is -2.48. The molecule has 3 heterocycles. The van der Waals surface area contributed by atoms with Crippen molar-refractivity contribution in [3.05, 3.63) is 41.2 Å². The molecule has 2 aromatic heterocycles. The quantitative estimate of drug-likeness (QED) is 0.458. The number of nitriles is 1. The van der Waals surface area contributed by atoms with Crippen LogP contribution in [0.5, 0.6) is 0 Å². The highest BCUT2D eigenvalue weighted by atomic mass is 32.2. The van der Waals surface area contributed by atoms with Crippen molar-refractivity contribution in [3.63, 3.8) is 0 Å². The van der Waals surface area contributed by atoms with Crippen LogP contribution in [0.15, 0.2) is 23.2 Å². The van der Waals surface area contributed by atoms with Gasteiger partial charge in [0.25, 0.3) is 0 Å². The molecule has 8 nitrogen and oxygen atoms in total. The van der Waals surface area contributed by atoms with Gasteiger partial charge in [0.2, 0.25) is 5.95 Å². The predicted octanol–water partition coefficient (Wildman–Crippen LogP) is 2.41. The molecule has 0 amide bonds. The fourth-order valence-electron chi connectivity index (χ4n) is 3.49. The van der Waals surface area contributed by atoms with Gasteiger partial charge in [-0.2, -0.15) is 9.65 Å². The third-order valence-electron chi connectivity index (χ3n) is 4.91. The summed E-state index contributed by atoms with van der Waals surface area (Å²) in [4.78, 5) is 3.79. The molecule has 3 rings (SSSR count). The van der Waals surface area contributed by atoms with Crippen molar-refractivity contribution in [2.24, 2.45) is 13.0 Å². The van der Waals surface area contributed by atoms with E-state index in [2.05, 4.69) is 15.0 Å². The van der Waals surface area contributed by atoms with E-state index in [0.717, 1.165) is 6.07 Å². The maximum atomic E-state index is 13.6. The molecule has 0 aliphatic carbocycles. The highest BCUT2D eigenvalue weighted by molar-refractivity contribution is 7.90. The molecule has 0 bridgehead atoms. The van der Waals surface area contributed by atoms with E-state index in [1.54, 1.807) is 23.9 Å². The number of aryl methyl sites for hydroxylation is 1. The average molecular weight is 406 g/mol. The van der Waals surface area contributed by atoms with Crippen LogP contribution in [0.4, 0.5) is 10.1 Å². The van der Waals surface area contributed by atoms with E-state index in [4.69, 9.17) is 10.0 Å². The second-order valence-electron chi connectivity index (χ2n) is 7.25. The van der Waals surface area contributed by atoms with Crippen LogP contribution in [0.1, 0.15) is 43.4 Å². The molecule has 28 heavy (non-hydrogen) atoms. The first-order valence-electron chi connectivity index (χ1n) is 8.89. The topological polar surface area (TPSA) is 127 Å². The first-order valence-corrected chi connectivity index (χ1v) is 10.4. The van der Waals surface area contributed by atoms with Crippen molar-refractivity contribution >= 4 is 15.6 Å². The molecule has 10 heteroatoms. The number of aliphatic hydroxyl groups excluding tert-OH is 1. The number of aromatic nitrogens is 2. The summed E-state index contributed by atoms with van der Waals surface area (Å²) >= 11 is 0. The lowest BCUT2D eigenvalue weighted by molar-refractivity contribution is 0.198. The van der Waals surface area contributed by atoms with Crippen molar-refractivity contribution < 1.29 is 13.7 Å². The van der Waals surface area contributed by atoms with Gasteiger partial charge in [0.15, 0.2) is 6.23 Å². The summed E-state index contributed by atoms with van der Waals surface area (Å²) in [6, 6.07) is 4.10. The van der Waals surface area contributed by atoms with Crippen LogP contribution < -0.4 is 10.0 Å². The van der Waals surface area contributed by atoms with E-state index >= 15 is 0 Å². The highest BCUT2D eigenvalue weighted by Crippen LogP contribution is 2.32. The zero-order chi connectivity index (χ0) is 20.6. The molecule has 1 aliphatic heterocycles. The van der Waals surface area contributed by atoms with Crippen molar-refractivity contribution in [2.75, 3.05) is 5.32 Å². The smallest absolute Gasteiger partial charge is 0.216 e. The van der Waals surface area contributed by atoms with E-state index in [-0.39, 0.29) is 23.3 Å². The summed E-state index contributed by atoms with van der Waals surface area (Å²) < 4.78 is 39.5. The highest BCUT2D eigenvalue weighted by Gasteiger charge is 2.31. The number of rotatable bonds is 4. The van der Waals surface area contributed by atoms with Gasteiger partial charge in [0.1, 0.15) is 21.7 Å². The van der Waals surface area contributed by atoms with E-state index in [9.17, 15) is 13.7 Å². The van der Waals surface area contributed by atoms with Crippen LogP contribution in [0.25, 0.3) is 0 Å². The standard InChI is InChI=1S/C18H23FN6O2S/c1-10(2)14-5-4-13-15(28(21,27)24-14)9-25(3)17(13)18(26)23-11-6-12(8-20)22-16(19)7-11/h6-7,9-10,14,18,26H,4-5H2,1-3H3,(H,22,23)(H2,21,24,27)/t14-,18?,28?/m1/s1. The Bertz CT molecular complexity index is 1040. The molecule has 0 fully saturated rings. The van der Waals surface area contributed by atoms with Crippen LogP contribution in [0.2, 0.25) is 0 Å². The molecule has 0 spiro atoms. The zero-order valence-corrected chi connectivity index (χ0v) is 16.7. The van der Waals surface area contributed by atoms with Gasteiger partial charge in [-0.1, -0.05) is 13.8 Å². The minimum Gasteiger partial charge on any atom is -0.368 e. The van der Waals surface area contributed by atoms with Gasteiger partial charge in [-0.15, -0.1) is 0 Å². The van der Waals surface area contributed by atoms with Crippen molar-refractivity contribution in [1.82, 2.24) is 14.3 Å². The number of nitrogens with zero attached hydrogens (tertiary/aromatic N) is 3. The van der Waals surface area contributed by atoms with Crippen LogP contribution in [-0.2, 0) is 23.4 Å². The van der Waals surface area contributed by atoms with Gasteiger partial charge >= 0.3 is 0 Å². The Labute approximate surface area is 163 Å². The Morgan fingerprint density at radius 3 is 2.89 bits per heavy atom. The molecule has 0 aromatic carbocycles. The molecule has 2 unspecified atom stereocenters. The van der Waals surface area contributed by atoms with Crippen molar-refractivity contribution in [2.45, 2.75) is 43.9 Å². The molecular weight excluding hydrogens is 383 g/mol. The third kappa shape index (κ3) is 3.87. The number of fused-ring (bicyclic) bond motifs is 1. The molecule has 4 N–H and O–H groups in total. The number of aliphatic hydroxyl groups is 1. The number of hydrogen-bond donors (Lipinski definition) is 4. The van der Waals surface area contributed by atoms with Crippen LogP contribution in [-0.4, -0.2) is 24.9 Å². The second-order valence-corrected chi connectivity index (χ2v) is 9.04. The van der Waals surface area contributed by atoms with E-state index in [1.165, 1.54) is 6.07 Å². The Morgan fingerprint density at radius 2 is 2.25 bits per heavy atom. The molecule has 3 atom stereocenters. The van der Waals surface area contributed by atoms with Gasteiger partial charge in [0.05, 0.1) is 10.6 Å². The van der Waals surface area contributed by atoms with E-state index < -0.39 is 22.1 Å². The number of hydrogen-bond acceptors (Lipinski definition) is 6. The van der Waals surface area contributed by atoms with E-state index in [0.29, 0.717) is 29.0 Å². The number of pyridine rings is 1. The normalized spacial score (nSPS) is 23.0. The zero-order valence-electron chi connectivity index (χ0n) is 15.9. The maximum Gasteiger partial charge on any atom is 0.216 e. The summed E-state index contributed by atoms with van der Waals surface area (Å²) in [6.07, 6.45) is 1.57. The van der Waals surface area contributed by atoms with Crippen LogP contribution in [0, 0.1) is 28.0 Å². The second kappa shape index (κ2) is 7.50. The Kier molecular flexibility index (Phi) is 5.43. The van der Waals surface area contributed by atoms with E-state index in [1.807, 2.05) is 13.8 Å². The SMILES string of the molecule is CC(C)[C@H]1CCc2c(cn(C)c2C(O)Nc2cc(F)nc(C#N)c2)S(=N)(=O)N1. The first-order chi connectivity index (χ1) is 13.1. The molecule has 0 radical (unpaired) electrons. The van der Waals surface area contributed by atoms with Crippen LogP contribution in [0.3, 0.4) is 0 Å². The first kappa shape index (κ1) is 20.3. The van der Waals surface area contributed by atoms with Crippen LogP contribution >= 0.6 is 0 Å². The van der Waals surface area contributed by atoms with Gasteiger partial charge in [-0.3, -0.25) is 0 Å². The summed E-state index contributed by atoms with van der Waals surface area (Å²) in [5.41, 5.74) is 1.19. The predicted molar refractivity (Wildman–Crippen MR) is 102 cm³/mol. The lowest BCUT2D eigenvalue weighted by atomic mass is 9.97. The number of halogens is 1. The fraction of sp³-hybridized carbons (Fsp3) is 0.444. The third-order valence-corrected chi connectivity index (χ3v) is 6.51. The summed E-state index contributed by atoms with van der Waals surface area (Å²) in [5.74, 6) is -0.628. The summed E-state index contributed by atoms with van der Waals surface area (Å²) in [5, 5.41) is 22.5. The molecule has 1 aliphatic rings. The monoisotopic (exact) mass is 406 g/mol. The molecule has 150 valence electrons. The van der Waals surface area contributed by atoms with Crippen molar-refractivity contribution in [1.29, 1.82) is 10.0 Å².